The van der Waals surface area contributed by atoms with Crippen LogP contribution >= 0.6 is 15.9 Å². The van der Waals surface area contributed by atoms with Crippen LogP contribution in [-0.4, -0.2) is 34.4 Å². The number of benzene rings is 2. The lowest BCUT2D eigenvalue weighted by Gasteiger charge is -2.38. The van der Waals surface area contributed by atoms with E-state index in [4.69, 9.17) is 10.00 Å². The summed E-state index contributed by atoms with van der Waals surface area (Å²) in [6.45, 7) is 2.61. The Balaban J connectivity index is 1.39. The molecule has 6 nitrogen and oxygen atoms in total. The third-order valence-electron chi connectivity index (χ3n) is 6.22. The van der Waals surface area contributed by atoms with E-state index in [1.807, 2.05) is 42.1 Å². The first-order chi connectivity index (χ1) is 15.6. The van der Waals surface area contributed by atoms with Gasteiger partial charge in [0.05, 0.1) is 30.0 Å². The molecule has 3 aromatic rings. The second-order valence-electron chi connectivity index (χ2n) is 8.27. The Morgan fingerprint density at radius 2 is 1.84 bits per heavy atom. The first-order valence-electron chi connectivity index (χ1n) is 10.9. The average Bonchev–Trinajstić information content (AvgIpc) is 3.08. The van der Waals surface area contributed by atoms with Gasteiger partial charge in [0.1, 0.15) is 10.2 Å². The van der Waals surface area contributed by atoms with Crippen molar-refractivity contribution in [3.05, 3.63) is 86.2 Å². The Bertz CT molecular complexity index is 1120. The molecular formula is C25H27BrN4O2. The third kappa shape index (κ3) is 4.98. The van der Waals surface area contributed by atoms with Gasteiger partial charge in [-0.05, 0) is 84.0 Å². The molecule has 1 aliphatic rings. The van der Waals surface area contributed by atoms with Crippen molar-refractivity contribution >= 4 is 15.9 Å². The number of nitrogens with one attached hydrogen (secondary N) is 1. The number of likely N-dealkylation sites (tertiary alicyclic amines) is 1. The molecule has 0 saturated carbocycles. The number of aromatic nitrogens is 2. The Kier molecular flexibility index (Phi) is 7.13. The fraction of sp³-hybridized carbons (Fsp3) is 0.360. The Labute approximate surface area is 196 Å². The van der Waals surface area contributed by atoms with E-state index in [0.29, 0.717) is 22.6 Å². The monoisotopic (exact) mass is 494 g/mol. The molecule has 1 fully saturated rings. The number of aromatic amines is 1. The van der Waals surface area contributed by atoms with Gasteiger partial charge in [0.2, 0.25) is 0 Å². The molecule has 1 aliphatic heterocycles. The molecule has 0 amide bonds. The normalized spacial score (nSPS) is 15.9. The second kappa shape index (κ2) is 10.2. The number of nitriles is 1. The summed E-state index contributed by atoms with van der Waals surface area (Å²) >= 11 is 3.52. The van der Waals surface area contributed by atoms with Crippen molar-refractivity contribution in [3.8, 4) is 11.8 Å². The molecule has 0 aliphatic carbocycles. The minimum atomic E-state index is -0.0988. The van der Waals surface area contributed by atoms with Gasteiger partial charge in [-0.15, -0.1) is 0 Å². The zero-order chi connectivity index (χ0) is 22.5. The minimum Gasteiger partial charge on any atom is -0.494 e. The molecule has 0 spiro atoms. The van der Waals surface area contributed by atoms with Gasteiger partial charge in [-0.3, -0.25) is 19.5 Å². The smallest absolute Gasteiger partial charge is 0.278 e. The van der Waals surface area contributed by atoms with Crippen LogP contribution < -0.4 is 10.3 Å². The molecule has 166 valence electrons. The molecule has 32 heavy (non-hydrogen) atoms. The average molecular weight is 495 g/mol. The summed E-state index contributed by atoms with van der Waals surface area (Å²) in [5.74, 6) is 1.42. The van der Waals surface area contributed by atoms with Crippen LogP contribution in [0.5, 0.6) is 5.75 Å². The van der Waals surface area contributed by atoms with E-state index in [2.05, 4.69) is 44.1 Å². The van der Waals surface area contributed by atoms with Gasteiger partial charge in [-0.25, -0.2) is 0 Å². The van der Waals surface area contributed by atoms with E-state index >= 15 is 0 Å². The maximum absolute atomic E-state index is 12.2. The van der Waals surface area contributed by atoms with Crippen LogP contribution in [0.4, 0.5) is 0 Å². The standard InChI is InChI=1S/C25H27BrN4O2/c1-29-24(22(26)25(31)28-29)23(20-5-3-2-4-6-20)30-14-11-18(12-15-30)13-16-32-21-9-7-19(17-27)8-10-21/h2-10,18,23H,11-16H2,1H3,(H,28,31). The Hall–Kier alpha value is -2.82. The first-order valence-corrected chi connectivity index (χ1v) is 11.7. The predicted octanol–water partition coefficient (Wildman–Crippen LogP) is 4.62. The number of aryl methyl sites for hydroxylation is 1. The number of H-pyrrole nitrogens is 1. The first kappa shape index (κ1) is 22.4. The van der Waals surface area contributed by atoms with E-state index in [0.717, 1.165) is 43.8 Å². The number of ether oxygens (including phenoxy) is 1. The van der Waals surface area contributed by atoms with E-state index < -0.39 is 0 Å². The van der Waals surface area contributed by atoms with Crippen molar-refractivity contribution in [2.24, 2.45) is 13.0 Å². The van der Waals surface area contributed by atoms with Crippen LogP contribution in [0.2, 0.25) is 0 Å². The van der Waals surface area contributed by atoms with Crippen molar-refractivity contribution in [2.75, 3.05) is 19.7 Å². The van der Waals surface area contributed by atoms with E-state index in [1.54, 1.807) is 12.1 Å². The Morgan fingerprint density at radius 1 is 1.16 bits per heavy atom. The quantitative estimate of drug-likeness (QED) is 0.519. The largest absolute Gasteiger partial charge is 0.494 e. The topological polar surface area (TPSA) is 74.1 Å². The van der Waals surface area contributed by atoms with Crippen molar-refractivity contribution in [3.63, 3.8) is 0 Å². The zero-order valence-corrected chi connectivity index (χ0v) is 19.7. The molecule has 4 rings (SSSR count). The molecule has 1 atom stereocenters. The van der Waals surface area contributed by atoms with E-state index in [-0.39, 0.29) is 11.6 Å². The molecular weight excluding hydrogens is 468 g/mol. The van der Waals surface area contributed by atoms with Crippen molar-refractivity contribution < 1.29 is 4.74 Å². The number of halogens is 1. The minimum absolute atomic E-state index is 0.0189. The molecule has 0 bridgehead atoms. The summed E-state index contributed by atoms with van der Waals surface area (Å²) in [7, 11) is 1.89. The third-order valence-corrected chi connectivity index (χ3v) is 6.99. The number of hydrogen-bond donors (Lipinski definition) is 1. The number of piperidine rings is 1. The van der Waals surface area contributed by atoms with Crippen LogP contribution in [0.1, 0.15) is 42.1 Å². The summed E-state index contributed by atoms with van der Waals surface area (Å²) in [5, 5.41) is 11.8. The van der Waals surface area contributed by atoms with Gasteiger partial charge >= 0.3 is 0 Å². The SMILES string of the molecule is Cn1[nH]c(=O)c(Br)c1C(c1ccccc1)N1CCC(CCOc2ccc(C#N)cc2)CC1. The fourth-order valence-corrected chi connectivity index (χ4v) is 5.05. The maximum atomic E-state index is 12.2. The van der Waals surface area contributed by atoms with Gasteiger partial charge in [-0.1, -0.05) is 30.3 Å². The molecule has 1 N–H and O–H groups in total. The van der Waals surface area contributed by atoms with Crippen LogP contribution in [0.3, 0.4) is 0 Å². The second-order valence-corrected chi connectivity index (χ2v) is 9.06. The van der Waals surface area contributed by atoms with Gasteiger partial charge in [-0.2, -0.15) is 5.26 Å². The summed E-state index contributed by atoms with van der Waals surface area (Å²) < 4.78 is 8.32. The molecule has 1 saturated heterocycles. The highest BCUT2D eigenvalue weighted by molar-refractivity contribution is 9.10. The lowest BCUT2D eigenvalue weighted by Crippen LogP contribution is -2.38. The van der Waals surface area contributed by atoms with Crippen molar-refractivity contribution in [1.29, 1.82) is 5.26 Å². The van der Waals surface area contributed by atoms with Crippen LogP contribution in [-0.2, 0) is 7.05 Å². The highest BCUT2D eigenvalue weighted by Crippen LogP contribution is 2.35. The van der Waals surface area contributed by atoms with Crippen LogP contribution in [0, 0.1) is 17.2 Å². The summed E-state index contributed by atoms with van der Waals surface area (Å²) in [5.41, 5.74) is 2.69. The maximum Gasteiger partial charge on any atom is 0.278 e. The number of nitrogens with zero attached hydrogens (tertiary/aromatic N) is 3. The molecule has 2 heterocycles. The van der Waals surface area contributed by atoms with E-state index in [9.17, 15) is 4.79 Å². The van der Waals surface area contributed by atoms with Gasteiger partial charge in [0.25, 0.3) is 5.56 Å². The van der Waals surface area contributed by atoms with Gasteiger partial charge < -0.3 is 4.74 Å². The van der Waals surface area contributed by atoms with Crippen LogP contribution in [0.15, 0.2) is 63.9 Å². The summed E-state index contributed by atoms with van der Waals surface area (Å²) in [4.78, 5) is 14.7. The molecule has 1 aromatic heterocycles. The number of hydrogen-bond acceptors (Lipinski definition) is 4. The molecule has 0 radical (unpaired) electrons. The van der Waals surface area contributed by atoms with Gasteiger partial charge in [0.15, 0.2) is 0 Å². The lowest BCUT2D eigenvalue weighted by atomic mass is 9.91. The lowest BCUT2D eigenvalue weighted by molar-refractivity contribution is 0.133. The fourth-order valence-electron chi connectivity index (χ4n) is 4.47. The molecule has 7 heteroatoms. The summed E-state index contributed by atoms with van der Waals surface area (Å²) in [6.07, 6.45) is 3.20. The number of rotatable bonds is 7. The highest BCUT2D eigenvalue weighted by Gasteiger charge is 2.31. The van der Waals surface area contributed by atoms with E-state index in [1.165, 1.54) is 5.56 Å². The molecule has 1 unspecified atom stereocenters. The summed E-state index contributed by atoms with van der Waals surface area (Å²) in [6, 6.07) is 19.8. The zero-order valence-electron chi connectivity index (χ0n) is 18.1. The van der Waals surface area contributed by atoms with Crippen molar-refractivity contribution in [1.82, 2.24) is 14.7 Å². The van der Waals surface area contributed by atoms with Crippen LogP contribution in [0.25, 0.3) is 0 Å². The highest BCUT2D eigenvalue weighted by atomic mass is 79.9. The predicted molar refractivity (Wildman–Crippen MR) is 128 cm³/mol. The van der Waals surface area contributed by atoms with Gasteiger partial charge in [0, 0.05) is 7.05 Å². The van der Waals surface area contributed by atoms with Crippen molar-refractivity contribution in [2.45, 2.75) is 25.3 Å². The molecule has 2 aromatic carbocycles. The Morgan fingerprint density at radius 3 is 2.44 bits per heavy atom.